The van der Waals surface area contributed by atoms with Gasteiger partial charge in [0, 0.05) is 19.7 Å². The van der Waals surface area contributed by atoms with Crippen molar-refractivity contribution in [3.8, 4) is 0 Å². The summed E-state index contributed by atoms with van der Waals surface area (Å²) in [5, 5.41) is 11.6. The molecule has 0 aliphatic heterocycles. The summed E-state index contributed by atoms with van der Waals surface area (Å²) in [7, 11) is 1.47. The van der Waals surface area contributed by atoms with Gasteiger partial charge in [-0.2, -0.15) is 0 Å². The Kier molecular flexibility index (Phi) is 5.46. The Morgan fingerprint density at radius 2 is 2.24 bits per heavy atom. The Morgan fingerprint density at radius 3 is 2.82 bits per heavy atom. The number of hydrogen-bond donors (Lipinski definition) is 2. The highest BCUT2D eigenvalue weighted by molar-refractivity contribution is 6.29. The van der Waals surface area contributed by atoms with E-state index in [1.165, 1.54) is 13.2 Å². The van der Waals surface area contributed by atoms with Crippen LogP contribution in [-0.4, -0.2) is 41.3 Å². The molecule has 0 radical (unpaired) electrons. The predicted octanol–water partition coefficient (Wildman–Crippen LogP) is 1.31. The summed E-state index contributed by atoms with van der Waals surface area (Å²) in [6.07, 6.45) is -4.56. The molecule has 0 spiro atoms. The van der Waals surface area contributed by atoms with Gasteiger partial charge in [-0.15, -0.1) is 0 Å². The Morgan fingerprint density at radius 1 is 1.53 bits per heavy atom. The molecule has 0 aliphatic carbocycles. The SMILES string of the molecule is COCc1nc(Cl)cc(NCC(O)C(F)F)n1. The summed E-state index contributed by atoms with van der Waals surface area (Å²) in [5.41, 5.74) is 0. The fourth-order valence-corrected chi connectivity index (χ4v) is 1.25. The van der Waals surface area contributed by atoms with E-state index < -0.39 is 12.5 Å². The molecule has 0 fully saturated rings. The van der Waals surface area contributed by atoms with Crippen molar-refractivity contribution < 1.29 is 18.6 Å². The number of alkyl halides is 2. The number of hydrogen-bond acceptors (Lipinski definition) is 5. The van der Waals surface area contributed by atoms with Crippen molar-refractivity contribution in [1.29, 1.82) is 0 Å². The van der Waals surface area contributed by atoms with Crippen molar-refractivity contribution in [1.82, 2.24) is 9.97 Å². The fourth-order valence-electron chi connectivity index (χ4n) is 1.05. The summed E-state index contributed by atoms with van der Waals surface area (Å²) in [6.45, 7) is -0.163. The van der Waals surface area contributed by atoms with Crippen LogP contribution >= 0.6 is 11.6 Å². The van der Waals surface area contributed by atoms with Gasteiger partial charge in [-0.05, 0) is 0 Å². The van der Waals surface area contributed by atoms with Gasteiger partial charge in [0.15, 0.2) is 5.82 Å². The molecular formula is C9H12ClF2N3O2. The van der Waals surface area contributed by atoms with E-state index in [0.717, 1.165) is 0 Å². The van der Waals surface area contributed by atoms with Gasteiger partial charge in [0.1, 0.15) is 23.7 Å². The van der Waals surface area contributed by atoms with Crippen LogP contribution in [-0.2, 0) is 11.3 Å². The first-order valence-electron chi connectivity index (χ1n) is 4.75. The second-order valence-corrected chi connectivity index (χ2v) is 3.60. The molecule has 1 atom stereocenters. The molecule has 1 unspecified atom stereocenters. The van der Waals surface area contributed by atoms with Crippen LogP contribution < -0.4 is 5.32 Å². The zero-order valence-corrected chi connectivity index (χ0v) is 9.79. The van der Waals surface area contributed by atoms with Crippen molar-refractivity contribution in [3.63, 3.8) is 0 Å². The van der Waals surface area contributed by atoms with Crippen LogP contribution in [0.2, 0.25) is 5.15 Å². The lowest BCUT2D eigenvalue weighted by Crippen LogP contribution is -2.27. The lowest BCUT2D eigenvalue weighted by Gasteiger charge is -2.11. The maximum absolute atomic E-state index is 12.0. The lowest BCUT2D eigenvalue weighted by molar-refractivity contribution is 0.00380. The second-order valence-electron chi connectivity index (χ2n) is 3.21. The van der Waals surface area contributed by atoms with E-state index in [2.05, 4.69) is 15.3 Å². The second kappa shape index (κ2) is 6.63. The molecule has 8 heteroatoms. The standard InChI is InChI=1S/C9H12ClF2N3O2/c1-17-4-8-14-6(10)2-7(15-8)13-3-5(16)9(11)12/h2,5,9,16H,3-4H2,1H3,(H,13,14,15). The van der Waals surface area contributed by atoms with E-state index in [1.807, 2.05) is 0 Å². The van der Waals surface area contributed by atoms with Crippen molar-refractivity contribution >= 4 is 17.4 Å². The average Bonchev–Trinajstić information content (AvgIpc) is 2.25. The van der Waals surface area contributed by atoms with E-state index in [-0.39, 0.29) is 24.1 Å². The molecule has 1 heterocycles. The Labute approximate surface area is 102 Å². The minimum absolute atomic E-state index is 0.159. The topological polar surface area (TPSA) is 67.3 Å². The molecule has 1 rings (SSSR count). The number of methoxy groups -OCH3 is 1. The van der Waals surface area contributed by atoms with Gasteiger partial charge >= 0.3 is 0 Å². The predicted molar refractivity (Wildman–Crippen MR) is 58.3 cm³/mol. The highest BCUT2D eigenvalue weighted by Gasteiger charge is 2.16. The number of aliphatic hydroxyl groups excluding tert-OH is 1. The maximum Gasteiger partial charge on any atom is 0.265 e. The lowest BCUT2D eigenvalue weighted by atomic mass is 10.3. The summed E-state index contributed by atoms with van der Waals surface area (Å²) in [4.78, 5) is 7.83. The minimum atomic E-state index is -2.81. The quantitative estimate of drug-likeness (QED) is 0.761. The van der Waals surface area contributed by atoms with E-state index in [9.17, 15) is 8.78 Å². The molecule has 0 saturated carbocycles. The molecule has 0 saturated heterocycles. The van der Waals surface area contributed by atoms with Crippen LogP contribution in [0.15, 0.2) is 6.07 Å². The smallest absolute Gasteiger partial charge is 0.265 e. The van der Waals surface area contributed by atoms with Crippen LogP contribution in [0.25, 0.3) is 0 Å². The van der Waals surface area contributed by atoms with Crippen LogP contribution in [0, 0.1) is 0 Å². The Balaban J connectivity index is 2.64. The first kappa shape index (κ1) is 14.0. The maximum atomic E-state index is 12.0. The number of aromatic nitrogens is 2. The van der Waals surface area contributed by atoms with Gasteiger partial charge in [-0.25, -0.2) is 18.7 Å². The van der Waals surface area contributed by atoms with Crippen molar-refractivity contribution in [3.05, 3.63) is 17.0 Å². The van der Waals surface area contributed by atoms with E-state index >= 15 is 0 Å². The van der Waals surface area contributed by atoms with Gasteiger partial charge < -0.3 is 15.2 Å². The van der Waals surface area contributed by atoms with Crippen LogP contribution in [0.3, 0.4) is 0 Å². The molecular weight excluding hydrogens is 256 g/mol. The monoisotopic (exact) mass is 267 g/mol. The number of nitrogens with one attached hydrogen (secondary N) is 1. The highest BCUT2D eigenvalue weighted by atomic mass is 35.5. The minimum Gasteiger partial charge on any atom is -0.385 e. The Bertz CT molecular complexity index is 368. The molecule has 0 aliphatic rings. The normalized spacial score (nSPS) is 12.8. The third-order valence-corrected chi connectivity index (χ3v) is 1.99. The summed E-state index contributed by atoms with van der Waals surface area (Å²) in [5.74, 6) is 0.589. The first-order valence-corrected chi connectivity index (χ1v) is 5.13. The van der Waals surface area contributed by atoms with E-state index in [0.29, 0.717) is 5.82 Å². The number of nitrogens with zero attached hydrogens (tertiary/aromatic N) is 2. The number of ether oxygens (including phenoxy) is 1. The first-order chi connectivity index (χ1) is 8.02. The molecule has 0 amide bonds. The molecule has 96 valence electrons. The number of rotatable bonds is 6. The van der Waals surface area contributed by atoms with Crippen LogP contribution in [0.5, 0.6) is 0 Å². The molecule has 17 heavy (non-hydrogen) atoms. The van der Waals surface area contributed by atoms with Gasteiger partial charge in [-0.3, -0.25) is 0 Å². The van der Waals surface area contributed by atoms with E-state index in [4.69, 9.17) is 21.4 Å². The summed E-state index contributed by atoms with van der Waals surface area (Å²) in [6, 6.07) is 1.37. The molecule has 5 nitrogen and oxygen atoms in total. The fraction of sp³-hybridized carbons (Fsp3) is 0.556. The average molecular weight is 268 g/mol. The molecule has 1 aromatic rings. The van der Waals surface area contributed by atoms with E-state index in [1.54, 1.807) is 0 Å². The van der Waals surface area contributed by atoms with Gasteiger partial charge in [0.05, 0.1) is 0 Å². The largest absolute Gasteiger partial charge is 0.385 e. The number of anilines is 1. The number of aliphatic hydroxyl groups is 1. The summed E-state index contributed by atoms with van der Waals surface area (Å²) < 4.78 is 28.9. The zero-order valence-electron chi connectivity index (χ0n) is 9.03. The van der Waals surface area contributed by atoms with Gasteiger partial charge in [-0.1, -0.05) is 11.6 Å². The number of halogens is 3. The molecule has 2 N–H and O–H groups in total. The van der Waals surface area contributed by atoms with Crippen LogP contribution in [0.1, 0.15) is 5.82 Å². The van der Waals surface area contributed by atoms with Crippen molar-refractivity contribution in [2.45, 2.75) is 19.1 Å². The third kappa shape index (κ3) is 4.76. The zero-order chi connectivity index (χ0) is 12.8. The molecule has 0 bridgehead atoms. The molecule has 0 aromatic carbocycles. The highest BCUT2D eigenvalue weighted by Crippen LogP contribution is 2.12. The van der Waals surface area contributed by atoms with Crippen LogP contribution in [0.4, 0.5) is 14.6 Å². The van der Waals surface area contributed by atoms with Gasteiger partial charge in [0.2, 0.25) is 0 Å². The molecule has 1 aromatic heterocycles. The van der Waals surface area contributed by atoms with Crippen molar-refractivity contribution in [2.75, 3.05) is 19.0 Å². The Hall–Kier alpha value is -1.05. The van der Waals surface area contributed by atoms with Crippen molar-refractivity contribution in [2.24, 2.45) is 0 Å². The summed E-state index contributed by atoms with van der Waals surface area (Å²) >= 11 is 5.71. The third-order valence-electron chi connectivity index (χ3n) is 1.80. The van der Waals surface area contributed by atoms with Gasteiger partial charge in [0.25, 0.3) is 6.43 Å².